The van der Waals surface area contributed by atoms with Gasteiger partial charge in [0.25, 0.3) is 0 Å². The summed E-state index contributed by atoms with van der Waals surface area (Å²) in [6.45, 7) is 4.04. The van der Waals surface area contributed by atoms with Gasteiger partial charge in [-0.1, -0.05) is 38.9 Å². The minimum absolute atomic E-state index is 0.422. The van der Waals surface area contributed by atoms with E-state index in [4.69, 9.17) is 18.6 Å². The summed E-state index contributed by atoms with van der Waals surface area (Å²) in [7, 11) is 14.4. The molecule has 2 rings (SSSR count). The second-order valence-electron chi connectivity index (χ2n) is 5.08. The van der Waals surface area contributed by atoms with E-state index in [1.54, 1.807) is 0 Å². The zero-order chi connectivity index (χ0) is 16.7. The number of aromatic hydroxyl groups is 1. The van der Waals surface area contributed by atoms with Crippen molar-refractivity contribution in [1.82, 2.24) is 0 Å². The Morgan fingerprint density at radius 1 is 1.05 bits per heavy atom. The Morgan fingerprint density at radius 3 is 2.27 bits per heavy atom. The number of hydrogen-bond donors (Lipinski definition) is 1. The molecule has 0 saturated carbocycles. The van der Waals surface area contributed by atoms with E-state index in [1.165, 1.54) is 16.6 Å². The van der Waals surface area contributed by atoms with Gasteiger partial charge in [-0.3, -0.25) is 0 Å². The van der Waals surface area contributed by atoms with Crippen LogP contribution < -0.4 is 15.5 Å². The molecule has 0 aromatic heterocycles. The molecule has 0 heterocycles. The van der Waals surface area contributed by atoms with Crippen LogP contribution in [0.25, 0.3) is 0 Å². The van der Waals surface area contributed by atoms with Gasteiger partial charge in [0, 0.05) is 30.4 Å². The summed E-state index contributed by atoms with van der Waals surface area (Å²) in [6, 6.07) is 12.4. The zero-order valence-electron chi connectivity index (χ0n) is 13.1. The van der Waals surface area contributed by atoms with Gasteiger partial charge in [0.15, 0.2) is 0 Å². The molecule has 0 radical (unpaired) electrons. The number of benzene rings is 2. The maximum absolute atomic E-state index is 10.1. The summed E-state index contributed by atoms with van der Waals surface area (Å²) < 4.78 is 0. The van der Waals surface area contributed by atoms with E-state index < -0.39 is 17.0 Å². The number of anilines is 1. The van der Waals surface area contributed by atoms with Crippen LogP contribution in [0.5, 0.6) is 5.75 Å². The second kappa shape index (κ2) is 9.80. The summed E-state index contributed by atoms with van der Waals surface area (Å²) >= 11 is -0.556. The molecule has 0 aliphatic carbocycles. The summed E-state index contributed by atoms with van der Waals surface area (Å²) in [6.07, 6.45) is 0. The normalized spacial score (nSPS) is 10.3. The molecule has 1 unspecified atom stereocenters. The van der Waals surface area contributed by atoms with Crippen molar-refractivity contribution in [1.29, 1.82) is 0 Å². The predicted octanol–water partition coefficient (Wildman–Crippen LogP) is 4.08. The number of phenolic OH excluding ortho intramolecular Hbond substituents is 1. The summed E-state index contributed by atoms with van der Waals surface area (Å²) in [5.74, 6) is 0.422. The Morgan fingerprint density at radius 2 is 1.68 bits per heavy atom. The van der Waals surface area contributed by atoms with Crippen LogP contribution in [0.4, 0.5) is 5.69 Å². The van der Waals surface area contributed by atoms with Gasteiger partial charge in [-0.25, -0.2) is 0 Å². The van der Waals surface area contributed by atoms with Crippen LogP contribution in [0.2, 0.25) is 0 Å². The first-order chi connectivity index (χ1) is 10.4. The van der Waals surface area contributed by atoms with E-state index in [-0.39, 0.29) is 0 Å². The molecular weight excluding hydrogens is 372 g/mol. The third kappa shape index (κ3) is 5.76. The molecule has 0 spiro atoms. The third-order valence-electron chi connectivity index (χ3n) is 3.14. The molecule has 0 aliphatic rings. The van der Waals surface area contributed by atoms with Crippen molar-refractivity contribution in [2.45, 2.75) is 13.8 Å². The van der Waals surface area contributed by atoms with Crippen LogP contribution in [0.1, 0.15) is 11.1 Å². The molecule has 0 fully saturated rings. The maximum atomic E-state index is 10.1. The average molecular weight is 392 g/mol. The molecule has 0 saturated heterocycles. The molecule has 2 aromatic rings. The van der Waals surface area contributed by atoms with Crippen LogP contribution in [0.15, 0.2) is 36.4 Å². The quantitative estimate of drug-likeness (QED) is 0.629. The number of halogens is 2. The number of hydrogen-bond acceptors (Lipinski definition) is 2. The Balaban J connectivity index is 0.000000745. The Labute approximate surface area is 151 Å². The number of rotatable bonds is 3. The molecule has 6 heteroatoms. The van der Waals surface area contributed by atoms with Gasteiger partial charge >= 0.3 is 35.6 Å². The number of phenols is 1. The molecule has 118 valence electrons. The van der Waals surface area contributed by atoms with E-state index in [1.807, 2.05) is 25.1 Å². The molecule has 22 heavy (non-hydrogen) atoms. The fraction of sp³-hybridized carbons (Fsp3) is 0.250. The van der Waals surface area contributed by atoms with Crippen molar-refractivity contribution in [2.24, 2.45) is 0 Å². The Hall–Kier alpha value is -0.236. The summed E-state index contributed by atoms with van der Waals surface area (Å²) in [5, 5.41) is 12.4. The molecular formula is C16H20Cl2NOPTi. The van der Waals surface area contributed by atoms with Crippen LogP contribution in [-0.4, -0.2) is 19.2 Å². The standard InChI is InChI=1S/C16H20NOP.2ClH.Ti/c1-11-8-9-14(13(10-11)17(3)4)19-15-7-5-6-12(2)16(15)18;;;/h5-10,18-19H,1-4H3;2*1H;/q;;;+2/p-2. The SMILES string of the molecule is Cc1ccc(Pc2cccc(C)c2O)c(N(C)C)c1.[Cl][Ti][Cl]. The number of para-hydroxylation sites is 1. The van der Waals surface area contributed by atoms with Crippen molar-refractivity contribution in [2.75, 3.05) is 19.0 Å². The van der Waals surface area contributed by atoms with E-state index in [2.05, 4.69) is 44.1 Å². The van der Waals surface area contributed by atoms with Gasteiger partial charge in [0.2, 0.25) is 0 Å². The van der Waals surface area contributed by atoms with Gasteiger partial charge < -0.3 is 10.0 Å². The van der Waals surface area contributed by atoms with Crippen molar-refractivity contribution >= 4 is 43.5 Å². The van der Waals surface area contributed by atoms with Gasteiger partial charge in [-0.15, -0.1) is 0 Å². The molecule has 1 N–H and O–H groups in total. The van der Waals surface area contributed by atoms with Crippen molar-refractivity contribution in [3.05, 3.63) is 47.5 Å². The van der Waals surface area contributed by atoms with Crippen LogP contribution in [0, 0.1) is 13.8 Å². The van der Waals surface area contributed by atoms with Gasteiger partial charge in [-0.05, 0) is 31.0 Å². The molecule has 0 amide bonds. The van der Waals surface area contributed by atoms with E-state index >= 15 is 0 Å². The first-order valence-electron chi connectivity index (χ1n) is 6.70. The van der Waals surface area contributed by atoms with E-state index in [0.29, 0.717) is 14.3 Å². The van der Waals surface area contributed by atoms with Gasteiger partial charge in [0.05, 0.1) is 0 Å². The first-order valence-corrected chi connectivity index (χ1v) is 12.0. The second-order valence-corrected chi connectivity index (χ2v) is 8.99. The average Bonchev–Trinajstić information content (AvgIpc) is 2.46. The molecule has 0 bridgehead atoms. The van der Waals surface area contributed by atoms with Crippen molar-refractivity contribution in [3.63, 3.8) is 0 Å². The van der Waals surface area contributed by atoms with Gasteiger partial charge in [-0.2, -0.15) is 0 Å². The number of nitrogens with zero attached hydrogens (tertiary/aromatic N) is 1. The van der Waals surface area contributed by atoms with Gasteiger partial charge in [0.1, 0.15) is 5.75 Å². The van der Waals surface area contributed by atoms with Crippen LogP contribution >= 0.6 is 27.2 Å². The number of aryl methyl sites for hydroxylation is 2. The third-order valence-corrected chi connectivity index (χ3v) is 4.51. The Kier molecular flexibility index (Phi) is 8.83. The van der Waals surface area contributed by atoms with Crippen LogP contribution in [0.3, 0.4) is 0 Å². The minimum atomic E-state index is -0.556. The predicted molar refractivity (Wildman–Crippen MR) is 97.6 cm³/mol. The fourth-order valence-corrected chi connectivity index (χ4v) is 3.40. The van der Waals surface area contributed by atoms with Crippen molar-refractivity contribution in [3.8, 4) is 5.75 Å². The zero-order valence-corrected chi connectivity index (χ0v) is 17.2. The van der Waals surface area contributed by atoms with E-state index in [9.17, 15) is 5.11 Å². The molecule has 2 nitrogen and oxygen atoms in total. The Bertz CT molecular complexity index is 623. The van der Waals surface area contributed by atoms with Crippen molar-refractivity contribution < 1.29 is 22.1 Å². The van der Waals surface area contributed by atoms with Crippen LogP contribution in [-0.2, 0) is 17.0 Å². The molecule has 2 aromatic carbocycles. The topological polar surface area (TPSA) is 23.5 Å². The van der Waals surface area contributed by atoms with E-state index in [0.717, 1.165) is 10.9 Å². The fourth-order valence-electron chi connectivity index (χ4n) is 2.02. The molecule has 1 atom stereocenters. The first kappa shape index (κ1) is 19.8. The monoisotopic (exact) mass is 391 g/mol. The summed E-state index contributed by atoms with van der Waals surface area (Å²) in [4.78, 5) is 2.13. The summed E-state index contributed by atoms with van der Waals surface area (Å²) in [5.41, 5.74) is 3.41. The molecule has 0 aliphatic heterocycles.